The number of benzene rings is 3. The predicted octanol–water partition coefficient (Wildman–Crippen LogP) is 8.96. The van der Waals surface area contributed by atoms with Crippen molar-refractivity contribution >= 4 is 52.5 Å². The molecule has 1 saturated carbocycles. The molecule has 4 aromatic rings. The maximum absolute atomic E-state index is 14.3. The summed E-state index contributed by atoms with van der Waals surface area (Å²) in [6.45, 7) is 19.6. The van der Waals surface area contributed by atoms with Gasteiger partial charge >= 0.3 is 5.97 Å². The highest BCUT2D eigenvalue weighted by molar-refractivity contribution is 7.13. The van der Waals surface area contributed by atoms with E-state index in [0.29, 0.717) is 47.9 Å². The first-order valence-electron chi connectivity index (χ1n) is 24.5. The Balaban J connectivity index is 0.872. The second-order valence-electron chi connectivity index (χ2n) is 21.4. The minimum absolute atomic E-state index is 0.00728. The van der Waals surface area contributed by atoms with E-state index in [1.807, 2.05) is 87.5 Å². The van der Waals surface area contributed by atoms with Crippen LogP contribution in [0.1, 0.15) is 132 Å². The van der Waals surface area contributed by atoms with Gasteiger partial charge in [0.05, 0.1) is 39.3 Å². The number of ether oxygens (including phenoxy) is 3. The molecule has 0 radical (unpaired) electrons. The van der Waals surface area contributed by atoms with Crippen molar-refractivity contribution < 1.29 is 38.2 Å². The van der Waals surface area contributed by atoms with Gasteiger partial charge in [0.1, 0.15) is 42.7 Å². The topological polar surface area (TPSA) is 180 Å². The number of fused-ring (bicyclic) bond motifs is 1. The molecule has 2 N–H and O–H groups in total. The number of hydrogen-bond donors (Lipinski definition) is 2. The molecule has 380 valence electrons. The summed E-state index contributed by atoms with van der Waals surface area (Å²) in [4.78, 5) is 76.3. The number of halogens is 1. The van der Waals surface area contributed by atoms with Crippen molar-refractivity contribution in [1.82, 2.24) is 25.4 Å². The highest BCUT2D eigenvalue weighted by atomic mass is 35.5. The molecule has 4 atom stereocenters. The zero-order valence-corrected chi connectivity index (χ0v) is 44.4. The highest BCUT2D eigenvalue weighted by Crippen LogP contribution is 2.59. The standard InChI is InChI=1S/C56H65ClN6O8S/c1-33(37-18-20-38(21-19-37)47-34(2)59-32-72-47)60-49(66)45-27-42(70-35(3)64)30-62(45)51(68)48(54(4,5)6)61-46(65)31-69-24-14-12-11-13-15-36-16-17-40-29-63(50(67)43(40)25-36)52-55(7,8)53(56(52,9)10)71-41-23-22-39(28-58)44(57)26-41/h16-23,25-26,32-33,42,45,48,52-53H,11-12,14,24,27,29-31H2,1-10H3,(H,60,66)(H,61,65)/t33-,42+,45?,48+,52-,53-/m0/s1. The molecule has 0 bridgehead atoms. The lowest BCUT2D eigenvalue weighted by Crippen LogP contribution is -2.74. The third-order valence-corrected chi connectivity index (χ3v) is 15.3. The Hall–Kier alpha value is -6.26. The molecule has 1 aliphatic carbocycles. The number of nitrogens with zero attached hydrogens (tertiary/aromatic N) is 4. The molecule has 1 unspecified atom stereocenters. The van der Waals surface area contributed by atoms with Crippen molar-refractivity contribution in [3.8, 4) is 34.1 Å². The zero-order chi connectivity index (χ0) is 52.3. The summed E-state index contributed by atoms with van der Waals surface area (Å²) in [7, 11) is 0. The minimum atomic E-state index is -1.00. The van der Waals surface area contributed by atoms with Gasteiger partial charge in [-0.3, -0.25) is 24.0 Å². The van der Waals surface area contributed by atoms with Gasteiger partial charge in [-0.15, -0.1) is 11.3 Å². The van der Waals surface area contributed by atoms with Crippen molar-refractivity contribution in [2.45, 2.75) is 138 Å². The lowest BCUT2D eigenvalue weighted by atomic mass is 9.49. The molecule has 72 heavy (non-hydrogen) atoms. The molecule has 1 aromatic heterocycles. The van der Waals surface area contributed by atoms with Crippen molar-refractivity contribution in [2.75, 3.05) is 19.8 Å². The number of hydrogen-bond acceptors (Lipinski definition) is 11. The van der Waals surface area contributed by atoms with Gasteiger partial charge < -0.3 is 34.6 Å². The summed E-state index contributed by atoms with van der Waals surface area (Å²) in [5, 5.41) is 15.5. The number of nitriles is 1. The first-order valence-corrected chi connectivity index (χ1v) is 25.7. The van der Waals surface area contributed by atoms with Crippen molar-refractivity contribution in [1.29, 1.82) is 5.26 Å². The Labute approximate surface area is 432 Å². The van der Waals surface area contributed by atoms with Crippen LogP contribution in [0.3, 0.4) is 0 Å². The number of thiazole rings is 1. The van der Waals surface area contributed by atoms with Crippen LogP contribution in [0.2, 0.25) is 5.02 Å². The zero-order valence-electron chi connectivity index (χ0n) is 42.8. The van der Waals surface area contributed by atoms with Gasteiger partial charge in [0.2, 0.25) is 17.7 Å². The number of rotatable bonds is 16. The fourth-order valence-electron chi connectivity index (χ4n) is 10.9. The predicted molar refractivity (Wildman–Crippen MR) is 276 cm³/mol. The molecule has 3 heterocycles. The van der Waals surface area contributed by atoms with Gasteiger partial charge in [-0.25, -0.2) is 4.98 Å². The van der Waals surface area contributed by atoms with Gasteiger partial charge in [0.25, 0.3) is 5.91 Å². The van der Waals surface area contributed by atoms with E-state index in [4.69, 9.17) is 25.8 Å². The number of amides is 4. The summed E-state index contributed by atoms with van der Waals surface area (Å²) in [6.07, 6.45) is 1.17. The molecule has 3 aliphatic rings. The molecule has 16 heteroatoms. The molecular weight excluding hydrogens is 952 g/mol. The average Bonchev–Trinajstić information content (AvgIpc) is 4.03. The Morgan fingerprint density at radius 3 is 2.36 bits per heavy atom. The smallest absolute Gasteiger partial charge is 0.302 e. The first-order chi connectivity index (χ1) is 34.0. The van der Waals surface area contributed by atoms with E-state index in [-0.39, 0.29) is 60.4 Å². The Morgan fingerprint density at radius 2 is 1.72 bits per heavy atom. The second-order valence-corrected chi connectivity index (χ2v) is 22.6. The van der Waals surface area contributed by atoms with Gasteiger partial charge in [-0.05, 0) is 73.1 Å². The number of likely N-dealkylation sites (tertiary alicyclic amines) is 1. The van der Waals surface area contributed by atoms with E-state index >= 15 is 0 Å². The van der Waals surface area contributed by atoms with E-state index in [1.54, 1.807) is 29.5 Å². The van der Waals surface area contributed by atoms with Crippen LogP contribution >= 0.6 is 22.9 Å². The summed E-state index contributed by atoms with van der Waals surface area (Å²) in [5.41, 5.74) is 5.94. The van der Waals surface area contributed by atoms with E-state index in [2.05, 4.69) is 61.2 Å². The normalized spacial score (nSPS) is 20.5. The number of unbranched alkanes of at least 4 members (excludes halogenated alkanes) is 2. The molecule has 7 rings (SSSR count). The van der Waals surface area contributed by atoms with Gasteiger partial charge in [-0.1, -0.05) is 102 Å². The molecule has 0 spiro atoms. The van der Waals surface area contributed by atoms with E-state index in [0.717, 1.165) is 39.2 Å². The maximum atomic E-state index is 14.3. The number of esters is 1. The molecule has 3 aromatic carbocycles. The summed E-state index contributed by atoms with van der Waals surface area (Å²) < 4.78 is 17.7. The SMILES string of the molecule is CC(=O)O[C@@H]1CC(C(=O)N[C@@H](C)c2ccc(-c3scnc3C)cc2)N(C(=O)[C@@H](NC(=O)COCCCCC#Cc2ccc3c(c2)C(=O)N([C@H]2C(C)(C)[C@H](Oc4ccc(C#N)c(Cl)c4)C2(C)C)C3)C(C)(C)C)C1. The van der Waals surface area contributed by atoms with Crippen LogP contribution in [-0.4, -0.2) is 94.5 Å². The largest absolute Gasteiger partial charge is 0.489 e. The second kappa shape index (κ2) is 21.8. The van der Waals surface area contributed by atoms with Gasteiger partial charge in [0.15, 0.2) is 0 Å². The van der Waals surface area contributed by atoms with Crippen LogP contribution < -0.4 is 15.4 Å². The van der Waals surface area contributed by atoms with Crippen LogP contribution in [0, 0.1) is 46.3 Å². The van der Waals surface area contributed by atoms with Crippen molar-refractivity contribution in [3.63, 3.8) is 0 Å². The summed E-state index contributed by atoms with van der Waals surface area (Å²) in [5.74, 6) is 5.15. The number of aryl methyl sites for hydroxylation is 1. The number of nitrogens with one attached hydrogen (secondary N) is 2. The first kappa shape index (κ1) is 53.5. The monoisotopic (exact) mass is 1020 g/mol. The Morgan fingerprint density at radius 1 is 1.00 bits per heavy atom. The van der Waals surface area contributed by atoms with E-state index < -0.39 is 41.4 Å². The Kier molecular flexibility index (Phi) is 16.2. The lowest BCUT2D eigenvalue weighted by Gasteiger charge is -2.65. The van der Waals surface area contributed by atoms with Gasteiger partial charge in [0, 0.05) is 67.0 Å². The Bertz CT molecular complexity index is 2800. The number of carbonyl (C=O) groups is 5. The fraction of sp³-hybridized carbons (Fsp3) is 0.482. The van der Waals surface area contributed by atoms with Gasteiger partial charge in [-0.2, -0.15) is 5.26 Å². The van der Waals surface area contributed by atoms with Crippen LogP contribution in [0.25, 0.3) is 10.4 Å². The average molecular weight is 1020 g/mol. The van der Waals surface area contributed by atoms with Crippen LogP contribution in [0.15, 0.2) is 66.2 Å². The maximum Gasteiger partial charge on any atom is 0.302 e. The molecule has 4 amide bonds. The highest BCUT2D eigenvalue weighted by Gasteiger charge is 2.67. The van der Waals surface area contributed by atoms with E-state index in [1.165, 1.54) is 11.8 Å². The summed E-state index contributed by atoms with van der Waals surface area (Å²) in [6, 6.07) is 18.4. The quantitative estimate of drug-likeness (QED) is 0.0625. The lowest BCUT2D eigenvalue weighted by molar-refractivity contribution is -0.199. The molecule has 2 aliphatic heterocycles. The van der Waals surface area contributed by atoms with E-state index in [9.17, 15) is 29.2 Å². The van der Waals surface area contributed by atoms with Crippen molar-refractivity contribution in [2.24, 2.45) is 16.2 Å². The molecule has 1 saturated heterocycles. The van der Waals surface area contributed by atoms with Crippen LogP contribution in [0.5, 0.6) is 5.75 Å². The number of aromatic nitrogens is 1. The van der Waals surface area contributed by atoms with Crippen LogP contribution in [0.4, 0.5) is 0 Å². The molecule has 14 nitrogen and oxygen atoms in total. The third-order valence-electron chi connectivity index (χ3n) is 14.0. The number of carbonyl (C=O) groups excluding carboxylic acids is 5. The fourth-order valence-corrected chi connectivity index (χ4v) is 11.9. The summed E-state index contributed by atoms with van der Waals surface area (Å²) >= 11 is 7.86. The molecule has 2 fully saturated rings. The minimum Gasteiger partial charge on any atom is -0.489 e. The van der Waals surface area contributed by atoms with Crippen molar-refractivity contribution in [3.05, 3.63) is 105 Å². The van der Waals surface area contributed by atoms with Crippen LogP contribution in [-0.2, 0) is 35.2 Å². The third kappa shape index (κ3) is 11.7. The molecular formula is C56H65ClN6O8S.